The molecule has 1 aromatic carbocycles. The fraction of sp³-hybridized carbons (Fsp3) is 0.167. The van der Waals surface area contributed by atoms with E-state index < -0.39 is 0 Å². The lowest BCUT2D eigenvalue weighted by Crippen LogP contribution is -2.37. The maximum atomic E-state index is 13.5. The van der Waals surface area contributed by atoms with Gasteiger partial charge in [-0.15, -0.1) is 0 Å². The molecule has 1 aliphatic heterocycles. The van der Waals surface area contributed by atoms with Gasteiger partial charge in [0.2, 0.25) is 5.95 Å². The van der Waals surface area contributed by atoms with Crippen LogP contribution in [0, 0.1) is 6.92 Å². The lowest BCUT2D eigenvalue weighted by molar-refractivity contribution is 0.0996. The van der Waals surface area contributed by atoms with Crippen molar-refractivity contribution in [1.29, 1.82) is 0 Å². The molecule has 0 saturated carbocycles. The van der Waals surface area contributed by atoms with Crippen LogP contribution in [-0.2, 0) is 13.0 Å². The van der Waals surface area contributed by atoms with Crippen LogP contribution in [0.25, 0.3) is 5.69 Å². The zero-order chi connectivity index (χ0) is 22.9. The molecule has 0 atom stereocenters. The Hall–Kier alpha value is -4.40. The van der Waals surface area contributed by atoms with Crippen LogP contribution in [0.4, 0.5) is 17.3 Å². The molecule has 0 radical (unpaired) electrons. The van der Waals surface area contributed by atoms with Crippen LogP contribution in [-0.4, -0.2) is 27.0 Å². The second-order valence-corrected chi connectivity index (χ2v) is 7.87. The summed E-state index contributed by atoms with van der Waals surface area (Å²) in [6, 6.07) is 12.3. The van der Waals surface area contributed by atoms with Crippen LogP contribution in [0.5, 0.6) is 0 Å². The summed E-state index contributed by atoms with van der Waals surface area (Å²) in [5.41, 5.74) is 10.4. The molecule has 5 rings (SSSR count). The molecule has 0 aliphatic carbocycles. The number of nitrogens with one attached hydrogen (secondary N) is 1. The van der Waals surface area contributed by atoms with Gasteiger partial charge in [0.25, 0.3) is 11.5 Å². The molecule has 33 heavy (non-hydrogen) atoms. The molecule has 0 unspecified atom stereocenters. The molecular formula is C24H22N6O3. The highest BCUT2D eigenvalue weighted by Gasteiger charge is 2.23. The SMILES string of the molecule is Cc1ccn(-c2ccc(NC(=O)c3ccco3)cc2)c(=O)c1N1CCc2nc(N)ncc2C1. The van der Waals surface area contributed by atoms with Crippen molar-refractivity contribution in [3.05, 3.63) is 94.1 Å². The molecule has 9 heteroatoms. The first-order valence-corrected chi connectivity index (χ1v) is 10.5. The Morgan fingerprint density at radius 3 is 2.76 bits per heavy atom. The van der Waals surface area contributed by atoms with Crippen molar-refractivity contribution < 1.29 is 9.21 Å². The number of fused-ring (bicyclic) bond motifs is 1. The van der Waals surface area contributed by atoms with E-state index in [0.29, 0.717) is 36.6 Å². The first-order chi connectivity index (χ1) is 16.0. The van der Waals surface area contributed by atoms with Crippen LogP contribution < -0.4 is 21.5 Å². The molecule has 0 saturated heterocycles. The third-order valence-corrected chi connectivity index (χ3v) is 5.69. The molecule has 4 aromatic rings. The Labute approximate surface area is 189 Å². The average molecular weight is 442 g/mol. The van der Waals surface area contributed by atoms with Gasteiger partial charge in [-0.3, -0.25) is 14.2 Å². The van der Waals surface area contributed by atoms with E-state index in [9.17, 15) is 9.59 Å². The molecular weight excluding hydrogens is 420 g/mol. The number of aromatic nitrogens is 3. The van der Waals surface area contributed by atoms with Gasteiger partial charge in [0.05, 0.1) is 12.0 Å². The molecule has 0 spiro atoms. The van der Waals surface area contributed by atoms with Gasteiger partial charge in [0.1, 0.15) is 5.69 Å². The van der Waals surface area contributed by atoms with Gasteiger partial charge in [-0.05, 0) is 55.0 Å². The molecule has 9 nitrogen and oxygen atoms in total. The number of nitrogens with two attached hydrogens (primary N) is 1. The van der Waals surface area contributed by atoms with E-state index >= 15 is 0 Å². The Balaban J connectivity index is 1.41. The number of hydrogen-bond donors (Lipinski definition) is 2. The zero-order valence-electron chi connectivity index (χ0n) is 18.0. The predicted octanol–water partition coefficient (Wildman–Crippen LogP) is 2.93. The monoisotopic (exact) mass is 442 g/mol. The van der Waals surface area contributed by atoms with Gasteiger partial charge in [-0.1, -0.05) is 0 Å². The number of aryl methyl sites for hydroxylation is 1. The number of amides is 1. The van der Waals surface area contributed by atoms with Gasteiger partial charge in [-0.2, -0.15) is 0 Å². The summed E-state index contributed by atoms with van der Waals surface area (Å²) in [5.74, 6) is 0.164. The smallest absolute Gasteiger partial charge is 0.291 e. The average Bonchev–Trinajstić information content (AvgIpc) is 3.35. The minimum Gasteiger partial charge on any atom is -0.459 e. The maximum absolute atomic E-state index is 13.5. The number of carbonyl (C=O) groups is 1. The minimum absolute atomic E-state index is 0.109. The van der Waals surface area contributed by atoms with Crippen LogP contribution in [0.1, 0.15) is 27.4 Å². The number of nitrogen functional groups attached to an aromatic ring is 1. The number of nitrogens with zero attached hydrogens (tertiary/aromatic N) is 4. The Morgan fingerprint density at radius 2 is 2.00 bits per heavy atom. The number of furan rings is 1. The van der Waals surface area contributed by atoms with Crippen LogP contribution in [0.3, 0.4) is 0 Å². The van der Waals surface area contributed by atoms with Crippen molar-refractivity contribution in [1.82, 2.24) is 14.5 Å². The Morgan fingerprint density at radius 1 is 1.18 bits per heavy atom. The molecule has 4 heterocycles. The van der Waals surface area contributed by atoms with Gasteiger partial charge in [-0.25, -0.2) is 9.97 Å². The topological polar surface area (TPSA) is 119 Å². The van der Waals surface area contributed by atoms with E-state index in [-0.39, 0.29) is 23.2 Å². The highest BCUT2D eigenvalue weighted by molar-refractivity contribution is 6.02. The van der Waals surface area contributed by atoms with Gasteiger partial charge >= 0.3 is 0 Å². The molecule has 3 aromatic heterocycles. The second-order valence-electron chi connectivity index (χ2n) is 7.87. The number of anilines is 3. The van der Waals surface area contributed by atoms with E-state index in [2.05, 4.69) is 20.2 Å². The Bertz CT molecular complexity index is 1380. The fourth-order valence-electron chi connectivity index (χ4n) is 4.03. The zero-order valence-corrected chi connectivity index (χ0v) is 18.0. The Kier molecular flexibility index (Phi) is 5.14. The molecule has 1 aliphatic rings. The van der Waals surface area contributed by atoms with Gasteiger partial charge in [0, 0.05) is 48.8 Å². The van der Waals surface area contributed by atoms with E-state index in [1.54, 1.807) is 53.4 Å². The highest BCUT2D eigenvalue weighted by atomic mass is 16.3. The quantitative estimate of drug-likeness (QED) is 0.499. The number of carbonyl (C=O) groups excluding carboxylic acids is 1. The molecule has 1 amide bonds. The van der Waals surface area contributed by atoms with Crippen LogP contribution in [0.15, 0.2) is 70.3 Å². The molecule has 3 N–H and O–H groups in total. The van der Waals surface area contributed by atoms with E-state index in [1.807, 2.05) is 13.0 Å². The number of hydrogen-bond acceptors (Lipinski definition) is 7. The van der Waals surface area contributed by atoms with Crippen LogP contribution in [0.2, 0.25) is 0 Å². The predicted molar refractivity (Wildman–Crippen MR) is 125 cm³/mol. The maximum Gasteiger partial charge on any atom is 0.291 e. The lowest BCUT2D eigenvalue weighted by atomic mass is 10.1. The van der Waals surface area contributed by atoms with Crippen molar-refractivity contribution in [2.45, 2.75) is 19.9 Å². The van der Waals surface area contributed by atoms with E-state index in [4.69, 9.17) is 10.2 Å². The molecule has 0 bridgehead atoms. The largest absolute Gasteiger partial charge is 0.459 e. The van der Waals surface area contributed by atoms with E-state index in [0.717, 1.165) is 16.8 Å². The summed E-state index contributed by atoms with van der Waals surface area (Å²) in [6.45, 7) is 3.15. The summed E-state index contributed by atoms with van der Waals surface area (Å²) in [4.78, 5) is 36.1. The summed E-state index contributed by atoms with van der Waals surface area (Å²) in [7, 11) is 0. The summed E-state index contributed by atoms with van der Waals surface area (Å²) in [6.07, 6.45) is 5.64. The molecule has 0 fully saturated rings. The normalized spacial score (nSPS) is 12.9. The van der Waals surface area contributed by atoms with Crippen molar-refractivity contribution in [2.75, 3.05) is 22.5 Å². The minimum atomic E-state index is -0.335. The van der Waals surface area contributed by atoms with Crippen molar-refractivity contribution in [2.24, 2.45) is 0 Å². The number of pyridine rings is 1. The van der Waals surface area contributed by atoms with Gasteiger partial charge in [0.15, 0.2) is 5.76 Å². The third kappa shape index (κ3) is 3.96. The highest BCUT2D eigenvalue weighted by Crippen LogP contribution is 2.24. The standard InChI is InChI=1S/C24H22N6O3/c1-15-8-11-30(18-6-4-17(5-7-18)27-22(31)20-3-2-12-33-20)23(32)21(15)29-10-9-19-16(14-29)13-26-24(25)28-19/h2-8,11-13H,9-10,14H2,1H3,(H,27,31)(H2,25,26,28). The second kappa shape index (κ2) is 8.27. The fourth-order valence-corrected chi connectivity index (χ4v) is 4.03. The van der Waals surface area contributed by atoms with Gasteiger partial charge < -0.3 is 20.4 Å². The lowest BCUT2D eigenvalue weighted by Gasteiger charge is -2.30. The number of benzene rings is 1. The summed E-state index contributed by atoms with van der Waals surface area (Å²) in [5, 5.41) is 2.77. The van der Waals surface area contributed by atoms with Crippen molar-refractivity contribution in [3.63, 3.8) is 0 Å². The van der Waals surface area contributed by atoms with Crippen molar-refractivity contribution >= 4 is 23.2 Å². The molecule has 166 valence electrons. The van der Waals surface area contributed by atoms with E-state index in [1.165, 1.54) is 6.26 Å². The third-order valence-electron chi connectivity index (χ3n) is 5.69. The number of rotatable bonds is 4. The first kappa shape index (κ1) is 20.5. The van der Waals surface area contributed by atoms with Crippen molar-refractivity contribution in [3.8, 4) is 5.69 Å². The summed E-state index contributed by atoms with van der Waals surface area (Å²) >= 11 is 0. The summed E-state index contributed by atoms with van der Waals surface area (Å²) < 4.78 is 6.72. The first-order valence-electron chi connectivity index (χ1n) is 10.5. The van der Waals surface area contributed by atoms with Crippen LogP contribution >= 0.6 is 0 Å².